The van der Waals surface area contributed by atoms with Crippen LogP contribution in [0.5, 0.6) is 0 Å². The number of fused-ring (bicyclic) bond motifs is 1. The molecule has 132 valence electrons. The van der Waals surface area contributed by atoms with Crippen molar-refractivity contribution in [1.82, 2.24) is 14.5 Å². The maximum absolute atomic E-state index is 12.4. The SMILES string of the molecule is CNS(=O)(=O)c1ccc(CCC(=O)N2C[C@H]3CCN(C)[C@H]3C2)cc1. The summed E-state index contributed by atoms with van der Waals surface area (Å²) in [5, 5.41) is 0. The molecule has 2 aliphatic rings. The Morgan fingerprint density at radius 3 is 2.58 bits per heavy atom. The average molecular weight is 351 g/mol. The molecule has 0 spiro atoms. The van der Waals surface area contributed by atoms with Gasteiger partial charge in [-0.15, -0.1) is 0 Å². The number of hydrogen-bond donors (Lipinski definition) is 1. The lowest BCUT2D eigenvalue weighted by Crippen LogP contribution is -2.35. The molecule has 1 amide bonds. The summed E-state index contributed by atoms with van der Waals surface area (Å²) in [5.41, 5.74) is 0.981. The molecule has 2 saturated heterocycles. The second kappa shape index (κ2) is 6.82. The summed E-state index contributed by atoms with van der Waals surface area (Å²) in [6.07, 6.45) is 2.30. The van der Waals surface area contributed by atoms with E-state index in [0.29, 0.717) is 24.8 Å². The van der Waals surface area contributed by atoms with E-state index in [1.165, 1.54) is 13.5 Å². The van der Waals surface area contributed by atoms with Crippen LogP contribution in [0.4, 0.5) is 0 Å². The molecular weight excluding hydrogens is 326 g/mol. The Bertz CT molecular complexity index is 702. The van der Waals surface area contributed by atoms with Crippen molar-refractivity contribution >= 4 is 15.9 Å². The third kappa shape index (κ3) is 3.48. The molecule has 0 aliphatic carbocycles. The number of nitrogens with one attached hydrogen (secondary N) is 1. The molecule has 1 aromatic carbocycles. The molecule has 2 fully saturated rings. The summed E-state index contributed by atoms with van der Waals surface area (Å²) in [5.74, 6) is 0.828. The van der Waals surface area contributed by atoms with Gasteiger partial charge in [-0.05, 0) is 57.1 Å². The molecule has 3 rings (SSSR count). The number of nitrogens with zero attached hydrogens (tertiary/aromatic N) is 2. The van der Waals surface area contributed by atoms with Crippen LogP contribution in [0.2, 0.25) is 0 Å². The standard InChI is InChI=1S/C17H25N3O3S/c1-18-24(22,23)15-6-3-13(4-7-15)5-8-17(21)20-11-14-9-10-19(2)16(14)12-20/h3-4,6-7,14,16,18H,5,8-12H2,1-2H3/t14-,16+/m1/s1. The quantitative estimate of drug-likeness (QED) is 0.847. The molecule has 24 heavy (non-hydrogen) atoms. The molecule has 1 N–H and O–H groups in total. The van der Waals surface area contributed by atoms with Gasteiger partial charge in [-0.1, -0.05) is 12.1 Å². The summed E-state index contributed by atoms with van der Waals surface area (Å²) in [6, 6.07) is 7.26. The molecule has 7 heteroatoms. The van der Waals surface area contributed by atoms with Gasteiger partial charge in [0.25, 0.3) is 0 Å². The zero-order chi connectivity index (χ0) is 17.3. The van der Waals surface area contributed by atoms with E-state index in [4.69, 9.17) is 0 Å². The van der Waals surface area contributed by atoms with Gasteiger partial charge in [0.2, 0.25) is 15.9 Å². The number of benzene rings is 1. The number of carbonyl (C=O) groups excluding carboxylic acids is 1. The van der Waals surface area contributed by atoms with E-state index >= 15 is 0 Å². The molecule has 2 aliphatic heterocycles. The lowest BCUT2D eigenvalue weighted by atomic mass is 10.1. The maximum Gasteiger partial charge on any atom is 0.240 e. The topological polar surface area (TPSA) is 69.7 Å². The van der Waals surface area contributed by atoms with Crippen LogP contribution in [-0.4, -0.2) is 63.9 Å². The van der Waals surface area contributed by atoms with Gasteiger partial charge < -0.3 is 9.80 Å². The van der Waals surface area contributed by atoms with Gasteiger partial charge >= 0.3 is 0 Å². The van der Waals surface area contributed by atoms with Crippen LogP contribution in [-0.2, 0) is 21.2 Å². The first kappa shape index (κ1) is 17.4. The molecule has 6 nitrogen and oxygen atoms in total. The minimum absolute atomic E-state index is 0.199. The van der Waals surface area contributed by atoms with Gasteiger partial charge in [0, 0.05) is 25.6 Å². The van der Waals surface area contributed by atoms with Crippen molar-refractivity contribution in [3.63, 3.8) is 0 Å². The Morgan fingerprint density at radius 2 is 1.96 bits per heavy atom. The van der Waals surface area contributed by atoms with Crippen molar-refractivity contribution in [3.05, 3.63) is 29.8 Å². The largest absolute Gasteiger partial charge is 0.341 e. The van der Waals surface area contributed by atoms with Crippen LogP contribution in [0.3, 0.4) is 0 Å². The Balaban J connectivity index is 1.54. The molecule has 0 saturated carbocycles. The Labute approximate surface area is 143 Å². The second-order valence-corrected chi connectivity index (χ2v) is 8.63. The van der Waals surface area contributed by atoms with E-state index in [2.05, 4.69) is 16.7 Å². The van der Waals surface area contributed by atoms with Crippen molar-refractivity contribution in [1.29, 1.82) is 0 Å². The van der Waals surface area contributed by atoms with Crippen LogP contribution in [0, 0.1) is 5.92 Å². The van der Waals surface area contributed by atoms with Crippen LogP contribution in [0.1, 0.15) is 18.4 Å². The highest BCUT2D eigenvalue weighted by molar-refractivity contribution is 7.89. The fraction of sp³-hybridized carbons (Fsp3) is 0.588. The van der Waals surface area contributed by atoms with Crippen molar-refractivity contribution in [3.8, 4) is 0 Å². The zero-order valence-corrected chi connectivity index (χ0v) is 15.1. The highest BCUT2D eigenvalue weighted by Gasteiger charge is 2.40. The van der Waals surface area contributed by atoms with Gasteiger partial charge in [0.15, 0.2) is 0 Å². The smallest absolute Gasteiger partial charge is 0.240 e. The Hall–Kier alpha value is -1.44. The van der Waals surface area contributed by atoms with Crippen LogP contribution in [0.15, 0.2) is 29.2 Å². The molecule has 0 aromatic heterocycles. The van der Waals surface area contributed by atoms with Crippen molar-refractivity contribution in [2.45, 2.75) is 30.2 Å². The highest BCUT2D eigenvalue weighted by atomic mass is 32.2. The summed E-state index contributed by atoms with van der Waals surface area (Å²) < 4.78 is 25.7. The Kier molecular flexibility index (Phi) is 4.94. The van der Waals surface area contributed by atoms with E-state index in [1.54, 1.807) is 24.3 Å². The number of rotatable bonds is 5. The minimum Gasteiger partial charge on any atom is -0.341 e. The summed E-state index contributed by atoms with van der Waals surface area (Å²) in [4.78, 5) is 17.0. The highest BCUT2D eigenvalue weighted by Crippen LogP contribution is 2.30. The predicted octanol–water partition coefficient (Wildman–Crippen LogP) is 0.690. The summed E-state index contributed by atoms with van der Waals surface area (Å²) in [6.45, 7) is 2.87. The van der Waals surface area contributed by atoms with Gasteiger partial charge in [-0.3, -0.25) is 4.79 Å². The van der Waals surface area contributed by atoms with Gasteiger partial charge in [-0.2, -0.15) is 0 Å². The molecule has 2 atom stereocenters. The van der Waals surface area contributed by atoms with E-state index in [9.17, 15) is 13.2 Å². The summed E-state index contributed by atoms with van der Waals surface area (Å²) in [7, 11) is 0.129. The fourth-order valence-electron chi connectivity index (χ4n) is 3.74. The number of amides is 1. The predicted molar refractivity (Wildman–Crippen MR) is 92.1 cm³/mol. The molecule has 0 radical (unpaired) electrons. The Morgan fingerprint density at radius 1 is 1.25 bits per heavy atom. The van der Waals surface area contributed by atoms with Gasteiger partial charge in [0.05, 0.1) is 4.90 Å². The normalized spacial score (nSPS) is 24.3. The van der Waals surface area contributed by atoms with Gasteiger partial charge in [0.1, 0.15) is 0 Å². The molecular formula is C17H25N3O3S. The first-order chi connectivity index (χ1) is 11.4. The number of aryl methyl sites for hydroxylation is 1. The second-order valence-electron chi connectivity index (χ2n) is 6.75. The maximum atomic E-state index is 12.4. The van der Waals surface area contributed by atoms with Crippen LogP contribution < -0.4 is 4.72 Å². The average Bonchev–Trinajstić information content (AvgIpc) is 3.15. The van der Waals surface area contributed by atoms with E-state index in [0.717, 1.165) is 25.2 Å². The fourth-order valence-corrected chi connectivity index (χ4v) is 4.47. The third-order valence-electron chi connectivity index (χ3n) is 5.31. The van der Waals surface area contributed by atoms with Crippen molar-refractivity contribution < 1.29 is 13.2 Å². The van der Waals surface area contributed by atoms with E-state index < -0.39 is 10.0 Å². The third-order valence-corrected chi connectivity index (χ3v) is 6.74. The zero-order valence-electron chi connectivity index (χ0n) is 14.2. The monoisotopic (exact) mass is 351 g/mol. The van der Waals surface area contributed by atoms with Crippen molar-refractivity contribution in [2.75, 3.05) is 33.7 Å². The molecule has 0 unspecified atom stereocenters. The number of likely N-dealkylation sites (N-methyl/N-ethyl adjacent to an activating group) is 1. The number of likely N-dealkylation sites (tertiary alicyclic amines) is 2. The first-order valence-electron chi connectivity index (χ1n) is 8.41. The first-order valence-corrected chi connectivity index (χ1v) is 9.89. The molecule has 1 aromatic rings. The summed E-state index contributed by atoms with van der Waals surface area (Å²) >= 11 is 0. The van der Waals surface area contributed by atoms with Crippen LogP contribution >= 0.6 is 0 Å². The number of sulfonamides is 1. The minimum atomic E-state index is -3.40. The van der Waals surface area contributed by atoms with E-state index in [1.807, 2.05) is 4.90 Å². The van der Waals surface area contributed by atoms with Crippen LogP contribution in [0.25, 0.3) is 0 Å². The van der Waals surface area contributed by atoms with Gasteiger partial charge in [-0.25, -0.2) is 13.1 Å². The number of hydrogen-bond acceptors (Lipinski definition) is 4. The number of carbonyl (C=O) groups is 1. The molecule has 2 heterocycles. The lowest BCUT2D eigenvalue weighted by Gasteiger charge is -2.20. The lowest BCUT2D eigenvalue weighted by molar-refractivity contribution is -0.130. The van der Waals surface area contributed by atoms with E-state index in [-0.39, 0.29) is 10.8 Å². The molecule has 0 bridgehead atoms. The van der Waals surface area contributed by atoms with Crippen molar-refractivity contribution in [2.24, 2.45) is 5.92 Å².